The summed E-state index contributed by atoms with van der Waals surface area (Å²) in [4.78, 5) is 12.0. The number of ether oxygens (including phenoxy) is 4. The molecule has 0 aliphatic carbocycles. The Balaban J connectivity index is 1.93. The zero-order chi connectivity index (χ0) is 20.0. The second kappa shape index (κ2) is 9.67. The molecule has 1 aliphatic rings. The minimum Gasteiger partial charge on any atom is -0.493 e. The fourth-order valence-electron chi connectivity index (χ4n) is 2.67. The molecule has 0 radical (unpaired) electrons. The molecule has 1 aliphatic heterocycles. The first-order valence-corrected chi connectivity index (χ1v) is 8.31. The second-order valence-electron chi connectivity index (χ2n) is 5.94. The third kappa shape index (κ3) is 5.18. The predicted molar refractivity (Wildman–Crippen MR) is 95.3 cm³/mol. The molecule has 2 rings (SSSR count). The van der Waals surface area contributed by atoms with Gasteiger partial charge < -0.3 is 39.6 Å². The highest BCUT2D eigenvalue weighted by Crippen LogP contribution is 2.28. The van der Waals surface area contributed by atoms with Crippen molar-refractivity contribution in [3.05, 3.63) is 29.8 Å². The van der Waals surface area contributed by atoms with Crippen LogP contribution in [-0.4, -0.2) is 79.8 Å². The number of aliphatic hydroxyl groups is 3. The maximum absolute atomic E-state index is 12.0. The third-order valence-electron chi connectivity index (χ3n) is 4.21. The molecule has 4 N–H and O–H groups in total. The number of carbonyl (C=O) groups excluding carboxylic acids is 1. The second-order valence-corrected chi connectivity index (χ2v) is 5.94. The van der Waals surface area contributed by atoms with Crippen LogP contribution in [0.5, 0.6) is 11.5 Å². The quantitative estimate of drug-likeness (QED) is 0.455. The van der Waals surface area contributed by atoms with E-state index in [1.165, 1.54) is 27.4 Å². The lowest BCUT2D eigenvalue weighted by atomic mass is 9.99. The molecule has 0 bridgehead atoms. The molecule has 1 heterocycles. The summed E-state index contributed by atoms with van der Waals surface area (Å²) in [5, 5.41) is 32.1. The minimum absolute atomic E-state index is 0.0695. The Morgan fingerprint density at radius 1 is 1.11 bits per heavy atom. The molecule has 0 unspecified atom stereocenters. The van der Waals surface area contributed by atoms with Crippen molar-refractivity contribution in [1.29, 1.82) is 0 Å². The largest absolute Gasteiger partial charge is 0.493 e. The van der Waals surface area contributed by atoms with Crippen molar-refractivity contribution in [2.45, 2.75) is 30.7 Å². The fourth-order valence-corrected chi connectivity index (χ4v) is 2.67. The Morgan fingerprint density at radius 3 is 2.44 bits per heavy atom. The summed E-state index contributed by atoms with van der Waals surface area (Å²) in [6.07, 6.45) is -3.28. The SMILES string of the molecule is COc1ccc(/C=C/C(=O)NC[C@H]2O[C@H](OC)[C@H](O)[C@@H](O)[C@H]2O)cc1OC. The van der Waals surface area contributed by atoms with Crippen LogP contribution in [0.15, 0.2) is 24.3 Å². The molecule has 5 atom stereocenters. The van der Waals surface area contributed by atoms with Crippen LogP contribution in [-0.2, 0) is 14.3 Å². The highest BCUT2D eigenvalue weighted by Gasteiger charge is 2.43. The molecule has 0 spiro atoms. The lowest BCUT2D eigenvalue weighted by molar-refractivity contribution is -0.288. The Bertz CT molecular complexity index is 663. The molecule has 1 saturated heterocycles. The van der Waals surface area contributed by atoms with Gasteiger partial charge in [0.1, 0.15) is 24.4 Å². The van der Waals surface area contributed by atoms with E-state index >= 15 is 0 Å². The number of carbonyl (C=O) groups is 1. The van der Waals surface area contributed by atoms with Gasteiger partial charge in [0.25, 0.3) is 0 Å². The molecule has 0 saturated carbocycles. The molecule has 1 fully saturated rings. The van der Waals surface area contributed by atoms with Gasteiger partial charge in [-0.3, -0.25) is 4.79 Å². The predicted octanol–water partition coefficient (Wildman–Crippen LogP) is -0.713. The smallest absolute Gasteiger partial charge is 0.244 e. The van der Waals surface area contributed by atoms with Crippen LogP contribution < -0.4 is 14.8 Å². The maximum Gasteiger partial charge on any atom is 0.244 e. The zero-order valence-corrected chi connectivity index (χ0v) is 15.4. The van der Waals surface area contributed by atoms with Crippen molar-refractivity contribution >= 4 is 12.0 Å². The molecule has 9 nitrogen and oxygen atoms in total. The first-order chi connectivity index (χ1) is 12.9. The van der Waals surface area contributed by atoms with Gasteiger partial charge in [-0.1, -0.05) is 6.07 Å². The van der Waals surface area contributed by atoms with E-state index in [0.717, 1.165) is 5.56 Å². The lowest BCUT2D eigenvalue weighted by Gasteiger charge is -2.39. The average Bonchev–Trinajstić information content (AvgIpc) is 2.69. The first-order valence-electron chi connectivity index (χ1n) is 8.31. The van der Waals surface area contributed by atoms with Crippen LogP contribution in [0.4, 0.5) is 0 Å². The van der Waals surface area contributed by atoms with Crippen LogP contribution in [0.1, 0.15) is 5.56 Å². The number of hydrogen-bond donors (Lipinski definition) is 4. The first kappa shape index (κ1) is 21.1. The normalized spacial score (nSPS) is 28.1. The van der Waals surface area contributed by atoms with Crippen LogP contribution >= 0.6 is 0 Å². The number of rotatable bonds is 7. The van der Waals surface area contributed by atoms with Crippen molar-refractivity contribution in [3.63, 3.8) is 0 Å². The summed E-state index contributed by atoms with van der Waals surface area (Å²) in [5.74, 6) is 0.697. The lowest BCUT2D eigenvalue weighted by Crippen LogP contribution is -2.60. The van der Waals surface area contributed by atoms with E-state index in [9.17, 15) is 20.1 Å². The fraction of sp³-hybridized carbons (Fsp3) is 0.500. The summed E-state index contributed by atoms with van der Waals surface area (Å²) in [5.41, 5.74) is 0.731. The number of methoxy groups -OCH3 is 3. The molecular weight excluding hydrogens is 358 g/mol. The number of amides is 1. The van der Waals surface area contributed by atoms with Crippen molar-refractivity contribution < 1.29 is 39.1 Å². The van der Waals surface area contributed by atoms with Crippen molar-refractivity contribution in [3.8, 4) is 11.5 Å². The van der Waals surface area contributed by atoms with E-state index in [1.807, 2.05) is 0 Å². The molecule has 1 amide bonds. The van der Waals surface area contributed by atoms with Gasteiger partial charge in [0, 0.05) is 19.7 Å². The number of aliphatic hydroxyl groups excluding tert-OH is 3. The molecule has 1 aromatic rings. The van der Waals surface area contributed by atoms with Crippen LogP contribution in [0.2, 0.25) is 0 Å². The highest BCUT2D eigenvalue weighted by atomic mass is 16.7. The summed E-state index contributed by atoms with van der Waals surface area (Å²) in [6, 6.07) is 5.21. The zero-order valence-electron chi connectivity index (χ0n) is 15.4. The number of nitrogens with one attached hydrogen (secondary N) is 1. The Labute approximate surface area is 157 Å². The van der Waals surface area contributed by atoms with Gasteiger partial charge in [0.15, 0.2) is 17.8 Å². The number of hydrogen-bond acceptors (Lipinski definition) is 8. The van der Waals surface area contributed by atoms with E-state index < -0.39 is 36.6 Å². The molecule has 1 aromatic carbocycles. The van der Waals surface area contributed by atoms with Gasteiger partial charge in [-0.25, -0.2) is 0 Å². The van der Waals surface area contributed by atoms with E-state index in [2.05, 4.69) is 5.32 Å². The topological polar surface area (TPSA) is 127 Å². The van der Waals surface area contributed by atoms with Crippen LogP contribution in [0, 0.1) is 0 Å². The van der Waals surface area contributed by atoms with Crippen molar-refractivity contribution in [2.75, 3.05) is 27.9 Å². The Kier molecular flexibility index (Phi) is 7.57. The maximum atomic E-state index is 12.0. The van der Waals surface area contributed by atoms with Crippen molar-refractivity contribution in [1.82, 2.24) is 5.32 Å². The molecule has 0 aromatic heterocycles. The Hall–Kier alpha value is -2.17. The summed E-state index contributed by atoms with van der Waals surface area (Å²) < 4.78 is 20.6. The van der Waals surface area contributed by atoms with Gasteiger partial charge in [-0.15, -0.1) is 0 Å². The summed E-state index contributed by atoms with van der Waals surface area (Å²) >= 11 is 0. The molecule has 9 heteroatoms. The van der Waals surface area contributed by atoms with Gasteiger partial charge in [-0.05, 0) is 23.8 Å². The van der Waals surface area contributed by atoms with E-state index in [1.54, 1.807) is 24.3 Å². The standard InChI is InChI=1S/C18H25NO8/c1-24-11-6-4-10(8-12(11)25-2)5-7-14(20)19-9-13-15(21)16(22)17(23)18(26-3)27-13/h4-8,13,15-18,21-23H,9H2,1-3H3,(H,19,20)/b7-5+/t13-,15+,16+,17-,18+/m1/s1. The van der Waals surface area contributed by atoms with E-state index in [4.69, 9.17) is 18.9 Å². The molecular formula is C18H25NO8. The molecule has 27 heavy (non-hydrogen) atoms. The van der Waals surface area contributed by atoms with Gasteiger partial charge in [-0.2, -0.15) is 0 Å². The monoisotopic (exact) mass is 383 g/mol. The van der Waals surface area contributed by atoms with E-state index in [-0.39, 0.29) is 6.54 Å². The summed E-state index contributed by atoms with van der Waals surface area (Å²) in [7, 11) is 4.36. The average molecular weight is 383 g/mol. The number of benzene rings is 1. The highest BCUT2D eigenvalue weighted by molar-refractivity contribution is 5.91. The van der Waals surface area contributed by atoms with Gasteiger partial charge >= 0.3 is 0 Å². The molecule has 150 valence electrons. The minimum atomic E-state index is -1.44. The van der Waals surface area contributed by atoms with Crippen molar-refractivity contribution in [2.24, 2.45) is 0 Å². The van der Waals surface area contributed by atoms with E-state index in [0.29, 0.717) is 11.5 Å². The summed E-state index contributed by atoms with van der Waals surface area (Å²) in [6.45, 7) is -0.0695. The van der Waals surface area contributed by atoms with Crippen LogP contribution in [0.3, 0.4) is 0 Å². The Morgan fingerprint density at radius 2 is 1.81 bits per heavy atom. The van der Waals surface area contributed by atoms with Crippen LogP contribution in [0.25, 0.3) is 6.08 Å². The third-order valence-corrected chi connectivity index (χ3v) is 4.21. The van der Waals surface area contributed by atoms with Gasteiger partial charge in [0.2, 0.25) is 5.91 Å². The van der Waals surface area contributed by atoms with Gasteiger partial charge in [0.05, 0.1) is 14.2 Å².